The summed E-state index contributed by atoms with van der Waals surface area (Å²) in [5, 5.41) is 0. The average Bonchev–Trinajstić information content (AvgIpc) is 2.51. The van der Waals surface area contributed by atoms with Crippen molar-refractivity contribution >= 4 is 5.91 Å². The summed E-state index contributed by atoms with van der Waals surface area (Å²) in [4.78, 5) is 14.1. The summed E-state index contributed by atoms with van der Waals surface area (Å²) < 4.78 is 6.08. The Balaban J connectivity index is 1.70. The Bertz CT molecular complexity index is 523. The van der Waals surface area contributed by atoms with Gasteiger partial charge in [0.15, 0.2) is 0 Å². The molecule has 1 aliphatic carbocycles. The Hall–Kier alpha value is -1.77. The first-order valence-corrected chi connectivity index (χ1v) is 8.00. The Kier molecular flexibility index (Phi) is 4.28. The van der Waals surface area contributed by atoms with Gasteiger partial charge in [-0.25, -0.2) is 0 Å². The summed E-state index contributed by atoms with van der Waals surface area (Å²) in [5.41, 5.74) is 1.25. The number of fused-ring (bicyclic) bond motifs is 1. The molecule has 1 fully saturated rings. The van der Waals surface area contributed by atoms with Gasteiger partial charge in [-0.2, -0.15) is 0 Å². The first-order chi connectivity index (χ1) is 10.3. The topological polar surface area (TPSA) is 29.5 Å². The Morgan fingerprint density at radius 1 is 1.29 bits per heavy atom. The minimum atomic E-state index is 0.234. The number of hydrogen-bond donors (Lipinski definition) is 0. The summed E-state index contributed by atoms with van der Waals surface area (Å²) >= 11 is 0. The fourth-order valence-electron chi connectivity index (χ4n) is 3.39. The van der Waals surface area contributed by atoms with Crippen LogP contribution in [0.25, 0.3) is 0 Å². The lowest BCUT2D eigenvalue weighted by atomic mass is 9.83. The molecule has 2 unspecified atom stereocenters. The summed E-state index contributed by atoms with van der Waals surface area (Å²) in [6, 6.07) is 10.0. The maximum atomic E-state index is 12.1. The van der Waals surface area contributed by atoms with Crippen LogP contribution in [0.1, 0.15) is 39.0 Å². The molecule has 1 aromatic carbocycles. The third-order valence-corrected chi connectivity index (χ3v) is 4.37. The van der Waals surface area contributed by atoms with Crippen molar-refractivity contribution in [2.24, 2.45) is 5.92 Å². The van der Waals surface area contributed by atoms with E-state index in [4.69, 9.17) is 4.74 Å². The van der Waals surface area contributed by atoms with E-state index in [-0.39, 0.29) is 6.10 Å². The zero-order chi connectivity index (χ0) is 14.7. The lowest BCUT2D eigenvalue weighted by Gasteiger charge is -2.39. The first-order valence-electron chi connectivity index (χ1n) is 8.00. The van der Waals surface area contributed by atoms with Gasteiger partial charge in [-0.3, -0.25) is 4.79 Å². The van der Waals surface area contributed by atoms with Crippen LogP contribution in [0.2, 0.25) is 0 Å². The van der Waals surface area contributed by atoms with Crippen molar-refractivity contribution in [2.45, 2.75) is 45.1 Å². The van der Waals surface area contributed by atoms with Crippen LogP contribution < -0.4 is 4.74 Å². The molecule has 0 N–H and O–H groups in total. The van der Waals surface area contributed by atoms with Crippen LogP contribution in [-0.2, 0) is 4.79 Å². The predicted octanol–water partition coefficient (Wildman–Crippen LogP) is 3.76. The fourth-order valence-corrected chi connectivity index (χ4v) is 3.39. The Morgan fingerprint density at radius 3 is 2.86 bits per heavy atom. The van der Waals surface area contributed by atoms with Crippen LogP contribution in [0, 0.1) is 5.92 Å². The molecule has 0 saturated carbocycles. The molecule has 3 nitrogen and oxygen atoms in total. The van der Waals surface area contributed by atoms with Gasteiger partial charge in [0.1, 0.15) is 11.9 Å². The number of ether oxygens (including phenoxy) is 1. The number of benzene rings is 1. The lowest BCUT2D eigenvalue weighted by molar-refractivity contribution is -0.132. The second-order valence-corrected chi connectivity index (χ2v) is 5.93. The molecule has 3 rings (SSSR count). The van der Waals surface area contributed by atoms with Crippen molar-refractivity contribution in [1.29, 1.82) is 0 Å². The smallest absolute Gasteiger partial charge is 0.226 e. The highest BCUT2D eigenvalue weighted by atomic mass is 16.5. The SMILES string of the molecule is CCCN1C(=O)CCC2CC(Oc3ccccc3)CC=C21. The van der Waals surface area contributed by atoms with Crippen LogP contribution >= 0.6 is 0 Å². The molecule has 1 aliphatic heterocycles. The van der Waals surface area contributed by atoms with Crippen LogP contribution in [0.15, 0.2) is 42.1 Å². The highest BCUT2D eigenvalue weighted by molar-refractivity contribution is 5.79. The number of amides is 1. The molecule has 2 atom stereocenters. The highest BCUT2D eigenvalue weighted by Crippen LogP contribution is 2.36. The lowest BCUT2D eigenvalue weighted by Crippen LogP contribution is -2.41. The molecule has 3 heteroatoms. The standard InChI is InChI=1S/C18H23NO2/c1-2-12-19-17-10-9-16(13-14(17)8-11-18(19)20)21-15-6-4-3-5-7-15/h3-7,10,14,16H,2,8-9,11-13H2,1H3. The number of nitrogens with zero attached hydrogens (tertiary/aromatic N) is 1. The van der Waals surface area contributed by atoms with E-state index >= 15 is 0 Å². The van der Waals surface area contributed by atoms with Gasteiger partial charge in [-0.1, -0.05) is 31.2 Å². The fraction of sp³-hybridized carbons (Fsp3) is 0.500. The number of para-hydroxylation sites is 1. The van der Waals surface area contributed by atoms with Gasteiger partial charge in [0.2, 0.25) is 5.91 Å². The van der Waals surface area contributed by atoms with Gasteiger partial charge < -0.3 is 9.64 Å². The maximum Gasteiger partial charge on any atom is 0.226 e. The molecular weight excluding hydrogens is 262 g/mol. The van der Waals surface area contributed by atoms with Crippen molar-refractivity contribution < 1.29 is 9.53 Å². The number of allylic oxidation sites excluding steroid dienone is 1. The quantitative estimate of drug-likeness (QED) is 0.843. The minimum Gasteiger partial charge on any atom is -0.490 e. The molecule has 112 valence electrons. The number of piperidine rings is 1. The number of rotatable bonds is 4. The van der Waals surface area contributed by atoms with E-state index in [1.165, 1.54) is 5.70 Å². The largest absolute Gasteiger partial charge is 0.490 e. The van der Waals surface area contributed by atoms with Crippen molar-refractivity contribution in [3.63, 3.8) is 0 Å². The zero-order valence-corrected chi connectivity index (χ0v) is 12.6. The highest BCUT2D eigenvalue weighted by Gasteiger charge is 2.34. The van der Waals surface area contributed by atoms with Crippen LogP contribution in [0.3, 0.4) is 0 Å². The maximum absolute atomic E-state index is 12.1. The van der Waals surface area contributed by atoms with Crippen LogP contribution in [0.5, 0.6) is 5.75 Å². The van der Waals surface area contributed by atoms with Gasteiger partial charge in [0, 0.05) is 31.0 Å². The summed E-state index contributed by atoms with van der Waals surface area (Å²) in [5.74, 6) is 1.72. The number of likely N-dealkylation sites (tertiary alicyclic amines) is 1. The molecule has 2 aliphatic rings. The molecule has 0 aromatic heterocycles. The molecule has 1 saturated heterocycles. The van der Waals surface area contributed by atoms with Crippen molar-refractivity contribution in [3.8, 4) is 5.75 Å². The summed E-state index contributed by atoms with van der Waals surface area (Å²) in [7, 11) is 0. The van der Waals surface area contributed by atoms with E-state index < -0.39 is 0 Å². The average molecular weight is 285 g/mol. The molecule has 1 heterocycles. The molecular formula is C18H23NO2. The van der Waals surface area contributed by atoms with Gasteiger partial charge >= 0.3 is 0 Å². The third kappa shape index (κ3) is 3.12. The molecule has 1 aromatic rings. The van der Waals surface area contributed by atoms with E-state index in [1.54, 1.807) is 0 Å². The number of carbonyl (C=O) groups excluding carboxylic acids is 1. The van der Waals surface area contributed by atoms with Gasteiger partial charge in [-0.05, 0) is 31.4 Å². The number of hydrogen-bond acceptors (Lipinski definition) is 2. The zero-order valence-electron chi connectivity index (χ0n) is 12.6. The van der Waals surface area contributed by atoms with Crippen LogP contribution in [0.4, 0.5) is 0 Å². The van der Waals surface area contributed by atoms with Gasteiger partial charge in [0.05, 0.1) is 0 Å². The second kappa shape index (κ2) is 6.33. The Labute approximate surface area is 126 Å². The van der Waals surface area contributed by atoms with E-state index in [1.807, 2.05) is 35.2 Å². The monoisotopic (exact) mass is 285 g/mol. The second-order valence-electron chi connectivity index (χ2n) is 5.93. The van der Waals surface area contributed by atoms with Crippen LogP contribution in [-0.4, -0.2) is 23.5 Å². The van der Waals surface area contributed by atoms with E-state index in [0.717, 1.165) is 38.0 Å². The van der Waals surface area contributed by atoms with Gasteiger partial charge in [0.25, 0.3) is 0 Å². The molecule has 0 bridgehead atoms. The Morgan fingerprint density at radius 2 is 2.10 bits per heavy atom. The molecule has 21 heavy (non-hydrogen) atoms. The van der Waals surface area contributed by atoms with E-state index in [0.29, 0.717) is 18.2 Å². The summed E-state index contributed by atoms with van der Waals surface area (Å²) in [6.07, 6.45) is 7.05. The van der Waals surface area contributed by atoms with Crippen molar-refractivity contribution in [3.05, 3.63) is 42.1 Å². The van der Waals surface area contributed by atoms with E-state index in [9.17, 15) is 4.79 Å². The number of carbonyl (C=O) groups is 1. The summed E-state index contributed by atoms with van der Waals surface area (Å²) in [6.45, 7) is 2.98. The molecule has 0 spiro atoms. The first kappa shape index (κ1) is 14.2. The third-order valence-electron chi connectivity index (χ3n) is 4.37. The minimum absolute atomic E-state index is 0.234. The molecule has 1 amide bonds. The van der Waals surface area contributed by atoms with Crippen molar-refractivity contribution in [2.75, 3.05) is 6.54 Å². The predicted molar refractivity (Wildman–Crippen MR) is 82.9 cm³/mol. The molecule has 0 radical (unpaired) electrons. The van der Waals surface area contributed by atoms with Crippen molar-refractivity contribution in [1.82, 2.24) is 4.90 Å². The van der Waals surface area contributed by atoms with E-state index in [2.05, 4.69) is 13.0 Å². The van der Waals surface area contributed by atoms with Gasteiger partial charge in [-0.15, -0.1) is 0 Å². The normalized spacial score (nSPS) is 25.3.